The molecule has 0 aliphatic heterocycles. The maximum Gasteiger partial charge on any atom is 0.431 e. The van der Waals surface area contributed by atoms with Gasteiger partial charge in [0.2, 0.25) is 5.89 Å². The maximum absolute atomic E-state index is 14.0. The molecule has 0 N–H and O–H groups in total. The lowest BCUT2D eigenvalue weighted by Gasteiger charge is -2.27. The Kier molecular flexibility index (Phi) is 6.42. The predicted molar refractivity (Wildman–Crippen MR) is 114 cm³/mol. The number of amides is 1. The molecule has 0 aliphatic carbocycles. The van der Waals surface area contributed by atoms with Crippen molar-refractivity contribution < 1.29 is 22.5 Å². The minimum Gasteiger partial charge on any atom is -0.340 e. The second-order valence-corrected chi connectivity index (χ2v) is 9.27. The summed E-state index contributed by atoms with van der Waals surface area (Å²) < 4.78 is 47.9. The van der Waals surface area contributed by atoms with E-state index in [1.807, 2.05) is 20.8 Å². The van der Waals surface area contributed by atoms with Crippen LogP contribution in [0.25, 0.3) is 11.1 Å². The molecule has 32 heavy (non-hydrogen) atoms. The minimum absolute atomic E-state index is 0.0405. The number of hydrogen-bond acceptors (Lipinski definition) is 4. The molecular weight excluding hydrogens is 445 g/mol. The van der Waals surface area contributed by atoms with Crippen LogP contribution >= 0.6 is 11.6 Å². The van der Waals surface area contributed by atoms with Gasteiger partial charge in [0.15, 0.2) is 5.82 Å². The van der Waals surface area contributed by atoms with Gasteiger partial charge in [0.25, 0.3) is 5.91 Å². The molecule has 0 aliphatic rings. The fourth-order valence-corrected chi connectivity index (χ4v) is 3.67. The third-order valence-corrected chi connectivity index (χ3v) is 4.92. The van der Waals surface area contributed by atoms with E-state index >= 15 is 0 Å². The van der Waals surface area contributed by atoms with Gasteiger partial charge >= 0.3 is 6.18 Å². The highest BCUT2D eigenvalue weighted by atomic mass is 35.5. The molecule has 0 fully saturated rings. The molecule has 2 heterocycles. The lowest BCUT2D eigenvalue weighted by Crippen LogP contribution is -2.36. The van der Waals surface area contributed by atoms with Gasteiger partial charge in [0, 0.05) is 31.1 Å². The largest absolute Gasteiger partial charge is 0.431 e. The van der Waals surface area contributed by atoms with E-state index in [-0.39, 0.29) is 34.9 Å². The van der Waals surface area contributed by atoms with E-state index < -0.39 is 17.8 Å². The van der Waals surface area contributed by atoms with Crippen LogP contribution in [0.1, 0.15) is 48.7 Å². The molecule has 0 bridgehead atoms. The number of alkyl halides is 3. The first-order valence-corrected chi connectivity index (χ1v) is 10.3. The van der Waals surface area contributed by atoms with Crippen LogP contribution in [0.5, 0.6) is 0 Å². The SMILES string of the molecule is Cc1nc(Cn2c(C(F)(F)F)cc(-c3ccc(Cl)cc3)c2C(=O)N(C)CC(C)(C)C)no1. The van der Waals surface area contributed by atoms with Crippen molar-refractivity contribution in [1.29, 1.82) is 0 Å². The van der Waals surface area contributed by atoms with Gasteiger partial charge < -0.3 is 14.0 Å². The molecule has 0 spiro atoms. The minimum atomic E-state index is -4.71. The number of hydrogen-bond donors (Lipinski definition) is 0. The van der Waals surface area contributed by atoms with Crippen LogP contribution in [-0.4, -0.2) is 39.1 Å². The number of aryl methyl sites for hydroxylation is 1. The highest BCUT2D eigenvalue weighted by molar-refractivity contribution is 6.30. The molecule has 0 radical (unpaired) electrons. The van der Waals surface area contributed by atoms with Gasteiger partial charge in [-0.25, -0.2) is 0 Å². The summed E-state index contributed by atoms with van der Waals surface area (Å²) in [6.45, 7) is 7.35. The molecule has 3 rings (SSSR count). The summed E-state index contributed by atoms with van der Waals surface area (Å²) in [5, 5.41) is 4.15. The van der Waals surface area contributed by atoms with Crippen molar-refractivity contribution in [3.8, 4) is 11.1 Å². The average molecular weight is 469 g/mol. The zero-order valence-corrected chi connectivity index (χ0v) is 19.2. The molecule has 10 heteroatoms. The number of halogens is 4. The van der Waals surface area contributed by atoms with Crippen molar-refractivity contribution >= 4 is 17.5 Å². The number of benzene rings is 1. The van der Waals surface area contributed by atoms with Gasteiger partial charge in [-0.1, -0.05) is 49.7 Å². The van der Waals surface area contributed by atoms with Gasteiger partial charge in [-0.2, -0.15) is 18.2 Å². The maximum atomic E-state index is 14.0. The summed E-state index contributed by atoms with van der Waals surface area (Å²) in [5.74, 6) is -0.282. The van der Waals surface area contributed by atoms with Crippen molar-refractivity contribution in [3.63, 3.8) is 0 Å². The highest BCUT2D eigenvalue weighted by Crippen LogP contribution is 2.38. The van der Waals surface area contributed by atoms with Crippen LogP contribution in [0.4, 0.5) is 13.2 Å². The molecule has 6 nitrogen and oxygen atoms in total. The Balaban J connectivity index is 2.24. The van der Waals surface area contributed by atoms with Crippen molar-refractivity contribution in [2.75, 3.05) is 13.6 Å². The second-order valence-electron chi connectivity index (χ2n) is 8.83. The van der Waals surface area contributed by atoms with E-state index in [4.69, 9.17) is 16.1 Å². The quantitative estimate of drug-likeness (QED) is 0.483. The smallest absolute Gasteiger partial charge is 0.340 e. The summed E-state index contributed by atoms with van der Waals surface area (Å²) >= 11 is 5.96. The molecule has 1 amide bonds. The lowest BCUT2D eigenvalue weighted by atomic mass is 9.96. The Morgan fingerprint density at radius 1 is 1.19 bits per heavy atom. The average Bonchev–Trinajstić information content (AvgIpc) is 3.24. The van der Waals surface area contributed by atoms with Crippen LogP contribution in [0, 0.1) is 12.3 Å². The van der Waals surface area contributed by atoms with Crippen LogP contribution in [-0.2, 0) is 12.7 Å². The number of nitrogens with zero attached hydrogens (tertiary/aromatic N) is 4. The molecule has 3 aromatic rings. The number of carbonyl (C=O) groups is 1. The topological polar surface area (TPSA) is 64.2 Å². The van der Waals surface area contributed by atoms with E-state index in [2.05, 4.69) is 10.1 Å². The number of aromatic nitrogens is 3. The first kappa shape index (κ1) is 23.8. The first-order chi connectivity index (χ1) is 14.8. The Labute approximate surface area is 189 Å². The Morgan fingerprint density at radius 3 is 2.31 bits per heavy atom. The third-order valence-electron chi connectivity index (χ3n) is 4.67. The molecular formula is C22H24ClF3N4O2. The van der Waals surface area contributed by atoms with E-state index in [1.54, 1.807) is 38.2 Å². The van der Waals surface area contributed by atoms with Crippen molar-refractivity contribution in [3.05, 3.63) is 58.5 Å². The number of rotatable bonds is 5. The normalized spacial score (nSPS) is 12.3. The van der Waals surface area contributed by atoms with E-state index in [0.29, 0.717) is 17.1 Å². The summed E-state index contributed by atoms with van der Waals surface area (Å²) in [7, 11) is 1.57. The van der Waals surface area contributed by atoms with Crippen LogP contribution in [0.2, 0.25) is 5.02 Å². The third kappa shape index (κ3) is 5.32. The van der Waals surface area contributed by atoms with E-state index in [1.165, 1.54) is 4.90 Å². The van der Waals surface area contributed by atoms with Crippen molar-refractivity contribution in [2.24, 2.45) is 5.41 Å². The van der Waals surface area contributed by atoms with E-state index in [0.717, 1.165) is 10.6 Å². The Morgan fingerprint density at radius 2 is 1.81 bits per heavy atom. The lowest BCUT2D eigenvalue weighted by molar-refractivity contribution is -0.143. The second kappa shape index (κ2) is 8.61. The summed E-state index contributed by atoms with van der Waals surface area (Å²) in [5.41, 5.74) is -0.735. The Bertz CT molecular complexity index is 1110. The Hall–Kier alpha value is -2.81. The van der Waals surface area contributed by atoms with Crippen molar-refractivity contribution in [1.82, 2.24) is 19.6 Å². The molecule has 172 valence electrons. The summed E-state index contributed by atoms with van der Waals surface area (Å²) in [6, 6.07) is 7.28. The van der Waals surface area contributed by atoms with Gasteiger partial charge in [0.05, 0.1) is 6.54 Å². The van der Waals surface area contributed by atoms with Gasteiger partial charge in [-0.3, -0.25) is 4.79 Å². The van der Waals surface area contributed by atoms with E-state index in [9.17, 15) is 18.0 Å². The van der Waals surface area contributed by atoms with Gasteiger partial charge in [-0.05, 0) is 29.2 Å². The fraction of sp³-hybridized carbons (Fsp3) is 0.409. The molecule has 0 saturated carbocycles. The highest BCUT2D eigenvalue weighted by Gasteiger charge is 2.39. The molecule has 1 aromatic carbocycles. The zero-order valence-electron chi connectivity index (χ0n) is 18.4. The summed E-state index contributed by atoms with van der Waals surface area (Å²) in [6.07, 6.45) is -4.71. The first-order valence-electron chi connectivity index (χ1n) is 9.87. The predicted octanol–water partition coefficient (Wildman–Crippen LogP) is 5.69. The van der Waals surface area contributed by atoms with Crippen LogP contribution in [0.15, 0.2) is 34.9 Å². The molecule has 2 aromatic heterocycles. The summed E-state index contributed by atoms with van der Waals surface area (Å²) in [4.78, 5) is 18.9. The van der Waals surface area contributed by atoms with Crippen LogP contribution in [0.3, 0.4) is 0 Å². The van der Waals surface area contributed by atoms with Gasteiger partial charge in [-0.15, -0.1) is 0 Å². The zero-order chi connectivity index (χ0) is 23.8. The monoisotopic (exact) mass is 468 g/mol. The standard InChI is InChI=1S/C22H24ClF3N4O2/c1-13-27-18(28-32-13)11-30-17(22(24,25)26)10-16(14-6-8-15(23)9-7-14)19(30)20(31)29(5)12-21(2,3)4/h6-10H,11-12H2,1-5H3. The fourth-order valence-electron chi connectivity index (χ4n) is 3.54. The molecule has 0 unspecified atom stereocenters. The van der Waals surface area contributed by atoms with Crippen molar-refractivity contribution in [2.45, 2.75) is 40.4 Å². The number of carbonyl (C=O) groups excluding carboxylic acids is 1. The molecule has 0 saturated heterocycles. The molecule has 0 atom stereocenters. The van der Waals surface area contributed by atoms with Crippen LogP contribution < -0.4 is 0 Å². The van der Waals surface area contributed by atoms with Gasteiger partial charge in [0.1, 0.15) is 11.4 Å².